The number of amides is 1. The molecular weight excluding hydrogens is 284 g/mol. The molecule has 0 atom stereocenters. The predicted molar refractivity (Wildman–Crippen MR) is 79.4 cm³/mol. The highest BCUT2D eigenvalue weighted by molar-refractivity contribution is 6.02. The fourth-order valence-electron chi connectivity index (χ4n) is 1.99. The highest BCUT2D eigenvalue weighted by Gasteiger charge is 2.12. The molecule has 2 aromatic heterocycles. The molecule has 6 heteroatoms. The number of carbonyl (C=O) groups is 2. The van der Waals surface area contributed by atoms with Crippen molar-refractivity contribution in [3.05, 3.63) is 60.7 Å². The van der Waals surface area contributed by atoms with Gasteiger partial charge in [-0.2, -0.15) is 0 Å². The number of anilines is 1. The highest BCUT2D eigenvalue weighted by atomic mass is 16.5. The molecule has 2 heterocycles. The van der Waals surface area contributed by atoms with Crippen molar-refractivity contribution >= 4 is 28.5 Å². The van der Waals surface area contributed by atoms with Crippen molar-refractivity contribution < 1.29 is 18.7 Å². The third-order valence-electron chi connectivity index (χ3n) is 3.01. The van der Waals surface area contributed by atoms with E-state index < -0.39 is 11.9 Å². The molecule has 22 heavy (non-hydrogen) atoms. The maximum absolute atomic E-state index is 11.9. The zero-order valence-corrected chi connectivity index (χ0v) is 11.5. The van der Waals surface area contributed by atoms with Crippen LogP contribution in [0.5, 0.6) is 0 Å². The lowest BCUT2D eigenvalue weighted by Gasteiger charge is -2.08. The van der Waals surface area contributed by atoms with Crippen molar-refractivity contribution in [2.75, 3.05) is 11.9 Å². The molecule has 0 fully saturated rings. The summed E-state index contributed by atoms with van der Waals surface area (Å²) in [6.07, 6.45) is 4.30. The minimum absolute atomic E-state index is 0.266. The minimum atomic E-state index is -0.608. The van der Waals surface area contributed by atoms with Crippen molar-refractivity contribution in [3.63, 3.8) is 0 Å². The molecule has 0 radical (unpaired) electrons. The summed E-state index contributed by atoms with van der Waals surface area (Å²) in [5.41, 5.74) is 1.66. The van der Waals surface area contributed by atoms with Crippen molar-refractivity contribution in [1.82, 2.24) is 4.98 Å². The van der Waals surface area contributed by atoms with Crippen LogP contribution in [-0.2, 0) is 9.53 Å². The van der Waals surface area contributed by atoms with Crippen LogP contribution in [0.1, 0.15) is 10.4 Å². The Morgan fingerprint density at radius 1 is 1.18 bits per heavy atom. The highest BCUT2D eigenvalue weighted by Crippen LogP contribution is 2.21. The molecule has 0 aliphatic carbocycles. The summed E-state index contributed by atoms with van der Waals surface area (Å²) < 4.78 is 9.68. The predicted octanol–water partition coefficient (Wildman–Crippen LogP) is 2.62. The van der Waals surface area contributed by atoms with Gasteiger partial charge in [-0.25, -0.2) is 4.79 Å². The number of furan rings is 1. The van der Waals surface area contributed by atoms with Crippen LogP contribution in [0.25, 0.3) is 10.9 Å². The SMILES string of the molecule is O=C(COC(=O)c1ccoc1)Nc1cccc2ncccc12. The number of fused-ring (bicyclic) bond motifs is 1. The number of pyridine rings is 1. The van der Waals surface area contributed by atoms with Crippen molar-refractivity contribution in [3.8, 4) is 0 Å². The Balaban J connectivity index is 1.65. The van der Waals surface area contributed by atoms with Crippen molar-refractivity contribution in [1.29, 1.82) is 0 Å². The van der Waals surface area contributed by atoms with Gasteiger partial charge in [0, 0.05) is 11.6 Å². The van der Waals surface area contributed by atoms with E-state index in [9.17, 15) is 9.59 Å². The van der Waals surface area contributed by atoms with Gasteiger partial charge in [-0.15, -0.1) is 0 Å². The summed E-state index contributed by atoms with van der Waals surface area (Å²) in [5, 5.41) is 3.52. The quantitative estimate of drug-likeness (QED) is 0.748. The molecule has 0 aliphatic rings. The normalized spacial score (nSPS) is 10.4. The number of esters is 1. The molecule has 1 N–H and O–H groups in total. The van der Waals surface area contributed by atoms with Gasteiger partial charge in [0.2, 0.25) is 0 Å². The second-order valence-corrected chi connectivity index (χ2v) is 4.51. The van der Waals surface area contributed by atoms with Gasteiger partial charge in [0.1, 0.15) is 6.26 Å². The average molecular weight is 296 g/mol. The third-order valence-corrected chi connectivity index (χ3v) is 3.01. The van der Waals surface area contributed by atoms with Crippen LogP contribution in [0, 0.1) is 0 Å². The van der Waals surface area contributed by atoms with Gasteiger partial charge in [-0.1, -0.05) is 6.07 Å². The molecule has 110 valence electrons. The number of benzene rings is 1. The van der Waals surface area contributed by atoms with Crippen LogP contribution in [0.15, 0.2) is 59.5 Å². The van der Waals surface area contributed by atoms with E-state index >= 15 is 0 Å². The average Bonchev–Trinajstić information content (AvgIpc) is 3.07. The summed E-state index contributed by atoms with van der Waals surface area (Å²) >= 11 is 0. The van der Waals surface area contributed by atoms with Gasteiger partial charge < -0.3 is 14.5 Å². The van der Waals surface area contributed by atoms with Crippen molar-refractivity contribution in [2.24, 2.45) is 0 Å². The number of aromatic nitrogens is 1. The van der Waals surface area contributed by atoms with E-state index in [4.69, 9.17) is 9.15 Å². The minimum Gasteiger partial charge on any atom is -0.472 e. The molecule has 3 rings (SSSR count). The Hall–Kier alpha value is -3.15. The van der Waals surface area contributed by atoms with E-state index in [-0.39, 0.29) is 12.2 Å². The maximum Gasteiger partial charge on any atom is 0.341 e. The fraction of sp³-hybridized carbons (Fsp3) is 0.0625. The Kier molecular flexibility index (Phi) is 3.82. The van der Waals surface area contributed by atoms with Crippen LogP contribution in [-0.4, -0.2) is 23.5 Å². The Morgan fingerprint density at radius 3 is 2.91 bits per heavy atom. The summed E-state index contributed by atoms with van der Waals surface area (Å²) in [6, 6.07) is 10.5. The smallest absolute Gasteiger partial charge is 0.341 e. The molecular formula is C16H12N2O4. The van der Waals surface area contributed by atoms with E-state index in [1.54, 1.807) is 24.4 Å². The molecule has 1 aromatic carbocycles. The lowest BCUT2D eigenvalue weighted by atomic mass is 10.2. The number of rotatable bonds is 4. The Morgan fingerprint density at radius 2 is 2.09 bits per heavy atom. The van der Waals surface area contributed by atoms with Gasteiger partial charge in [-0.3, -0.25) is 9.78 Å². The number of hydrogen-bond donors (Lipinski definition) is 1. The topological polar surface area (TPSA) is 81.4 Å². The zero-order chi connectivity index (χ0) is 15.4. The molecule has 0 aliphatic heterocycles. The number of nitrogens with one attached hydrogen (secondary N) is 1. The van der Waals surface area contributed by atoms with Crippen LogP contribution >= 0.6 is 0 Å². The Bertz CT molecular complexity index is 807. The summed E-state index contributed by atoms with van der Waals surface area (Å²) in [7, 11) is 0. The molecule has 3 aromatic rings. The van der Waals surface area contributed by atoms with Gasteiger partial charge in [0.05, 0.1) is 23.0 Å². The zero-order valence-electron chi connectivity index (χ0n) is 11.5. The first kappa shape index (κ1) is 13.8. The van der Waals surface area contributed by atoms with Crippen LogP contribution in [0.3, 0.4) is 0 Å². The van der Waals surface area contributed by atoms with Gasteiger partial charge in [-0.05, 0) is 30.3 Å². The van der Waals surface area contributed by atoms with E-state index in [0.29, 0.717) is 5.69 Å². The van der Waals surface area contributed by atoms with Crippen LogP contribution < -0.4 is 5.32 Å². The number of nitrogens with zero attached hydrogens (tertiary/aromatic N) is 1. The van der Waals surface area contributed by atoms with E-state index in [0.717, 1.165) is 10.9 Å². The molecule has 6 nitrogen and oxygen atoms in total. The van der Waals surface area contributed by atoms with Crippen LogP contribution in [0.4, 0.5) is 5.69 Å². The number of carbonyl (C=O) groups excluding carboxylic acids is 2. The first-order chi connectivity index (χ1) is 10.7. The molecule has 0 spiro atoms. The lowest BCUT2D eigenvalue weighted by Crippen LogP contribution is -2.20. The van der Waals surface area contributed by atoms with Crippen molar-refractivity contribution in [2.45, 2.75) is 0 Å². The summed E-state index contributed by atoms with van der Waals surface area (Å²) in [4.78, 5) is 27.7. The monoisotopic (exact) mass is 296 g/mol. The first-order valence-corrected chi connectivity index (χ1v) is 6.57. The van der Waals surface area contributed by atoms with Gasteiger partial charge in [0.15, 0.2) is 6.61 Å². The van der Waals surface area contributed by atoms with Gasteiger partial charge in [0.25, 0.3) is 5.91 Å². The molecule has 0 saturated carbocycles. The van der Waals surface area contributed by atoms with E-state index in [2.05, 4.69) is 10.3 Å². The number of hydrogen-bond acceptors (Lipinski definition) is 5. The lowest BCUT2D eigenvalue weighted by molar-refractivity contribution is -0.119. The molecule has 0 saturated heterocycles. The fourth-order valence-corrected chi connectivity index (χ4v) is 1.99. The second kappa shape index (κ2) is 6.09. The third kappa shape index (κ3) is 2.95. The first-order valence-electron chi connectivity index (χ1n) is 6.57. The standard InChI is InChI=1S/C16H12N2O4/c19-15(10-22-16(20)11-6-8-21-9-11)18-14-5-1-4-13-12(14)3-2-7-17-13/h1-9H,10H2,(H,18,19). The maximum atomic E-state index is 11.9. The molecule has 1 amide bonds. The second-order valence-electron chi connectivity index (χ2n) is 4.51. The summed E-state index contributed by atoms with van der Waals surface area (Å²) in [5.74, 6) is -1.03. The molecule has 0 unspecified atom stereocenters. The largest absolute Gasteiger partial charge is 0.472 e. The summed E-state index contributed by atoms with van der Waals surface area (Å²) in [6.45, 7) is -0.374. The van der Waals surface area contributed by atoms with E-state index in [1.165, 1.54) is 18.6 Å². The number of ether oxygens (including phenoxy) is 1. The molecule has 0 bridgehead atoms. The van der Waals surface area contributed by atoms with Crippen LogP contribution in [0.2, 0.25) is 0 Å². The van der Waals surface area contributed by atoms with Gasteiger partial charge >= 0.3 is 5.97 Å². The Labute approximate surface area is 125 Å². The van der Waals surface area contributed by atoms with E-state index in [1.807, 2.05) is 12.1 Å².